The number of ether oxygens (including phenoxy) is 2. The molecule has 2 aromatic rings. The molecule has 0 atom stereocenters. The quantitative estimate of drug-likeness (QED) is 0.709. The van der Waals surface area contributed by atoms with Gasteiger partial charge >= 0.3 is 0 Å². The summed E-state index contributed by atoms with van der Waals surface area (Å²) in [4.78, 5) is 2.55. The maximum Gasteiger partial charge on any atom is 0.244 e. The molecular formula is C22H30N2O4S. The summed E-state index contributed by atoms with van der Waals surface area (Å²) in [5, 5.41) is 0. The van der Waals surface area contributed by atoms with Crippen LogP contribution in [0.1, 0.15) is 31.2 Å². The third-order valence-electron chi connectivity index (χ3n) is 5.27. The zero-order valence-corrected chi connectivity index (χ0v) is 18.0. The van der Waals surface area contributed by atoms with Crippen LogP contribution in [-0.4, -0.2) is 42.3 Å². The van der Waals surface area contributed by atoms with E-state index in [1.54, 1.807) is 12.1 Å². The van der Waals surface area contributed by atoms with E-state index in [9.17, 15) is 8.42 Å². The van der Waals surface area contributed by atoms with Gasteiger partial charge in [-0.05, 0) is 49.1 Å². The van der Waals surface area contributed by atoms with Gasteiger partial charge in [0.05, 0.1) is 14.2 Å². The molecule has 1 aliphatic rings. The van der Waals surface area contributed by atoms with Crippen molar-refractivity contribution in [1.82, 2.24) is 4.72 Å². The van der Waals surface area contributed by atoms with Gasteiger partial charge < -0.3 is 14.4 Å². The molecule has 0 bridgehead atoms. The fourth-order valence-electron chi connectivity index (χ4n) is 3.61. The summed E-state index contributed by atoms with van der Waals surface area (Å²) in [6.07, 6.45) is 5.75. The van der Waals surface area contributed by atoms with Crippen molar-refractivity contribution in [1.29, 1.82) is 0 Å². The Morgan fingerprint density at radius 3 is 2.24 bits per heavy atom. The van der Waals surface area contributed by atoms with E-state index in [1.807, 2.05) is 0 Å². The van der Waals surface area contributed by atoms with E-state index < -0.39 is 10.0 Å². The van der Waals surface area contributed by atoms with Gasteiger partial charge in [-0.1, -0.05) is 25.0 Å². The summed E-state index contributed by atoms with van der Waals surface area (Å²) in [7, 11) is -0.695. The van der Waals surface area contributed by atoms with Gasteiger partial charge in [0.2, 0.25) is 10.0 Å². The molecule has 0 unspecified atom stereocenters. The lowest BCUT2D eigenvalue weighted by Gasteiger charge is -2.22. The molecule has 0 aromatic heterocycles. The number of benzene rings is 2. The number of methoxy groups -OCH3 is 2. The monoisotopic (exact) mass is 418 g/mol. The maximum absolute atomic E-state index is 12.7. The summed E-state index contributed by atoms with van der Waals surface area (Å²) in [6, 6.07) is 13.1. The molecule has 1 N–H and O–H groups in total. The van der Waals surface area contributed by atoms with Crippen molar-refractivity contribution < 1.29 is 17.9 Å². The largest absolute Gasteiger partial charge is 0.497 e. The molecule has 0 aliphatic carbocycles. The van der Waals surface area contributed by atoms with Crippen molar-refractivity contribution in [3.05, 3.63) is 48.0 Å². The Hall–Kier alpha value is -2.25. The van der Waals surface area contributed by atoms with E-state index in [0.29, 0.717) is 18.7 Å². The molecule has 0 spiro atoms. The van der Waals surface area contributed by atoms with Crippen molar-refractivity contribution in [3.63, 3.8) is 0 Å². The molecular weight excluding hydrogens is 388 g/mol. The molecule has 29 heavy (non-hydrogen) atoms. The molecule has 0 radical (unpaired) electrons. The van der Waals surface area contributed by atoms with E-state index >= 15 is 0 Å². The van der Waals surface area contributed by atoms with Crippen LogP contribution in [0, 0.1) is 0 Å². The molecule has 2 aromatic carbocycles. The first-order valence-electron chi connectivity index (χ1n) is 10.1. The van der Waals surface area contributed by atoms with E-state index in [0.717, 1.165) is 18.7 Å². The summed E-state index contributed by atoms with van der Waals surface area (Å²) in [6.45, 7) is 2.55. The minimum atomic E-state index is -3.67. The number of nitrogens with one attached hydrogen (secondary N) is 1. The number of hydrogen-bond donors (Lipinski definition) is 1. The van der Waals surface area contributed by atoms with E-state index in [-0.39, 0.29) is 10.6 Å². The van der Waals surface area contributed by atoms with Crippen LogP contribution in [-0.2, 0) is 16.4 Å². The molecule has 0 amide bonds. The number of hydrogen-bond acceptors (Lipinski definition) is 5. The highest BCUT2D eigenvalue weighted by Gasteiger charge is 2.19. The lowest BCUT2D eigenvalue weighted by molar-refractivity contribution is 0.386. The summed E-state index contributed by atoms with van der Waals surface area (Å²) in [5.74, 6) is 0.809. The van der Waals surface area contributed by atoms with Crippen molar-refractivity contribution >= 4 is 15.7 Å². The second kappa shape index (κ2) is 9.98. The Morgan fingerprint density at radius 1 is 0.931 bits per heavy atom. The third-order valence-corrected chi connectivity index (χ3v) is 6.77. The SMILES string of the molecule is COc1ccc(S(=O)(=O)NCCc2ccc(N3CCCCCC3)cc2)c(OC)c1. The highest BCUT2D eigenvalue weighted by atomic mass is 32.2. The van der Waals surface area contributed by atoms with Crippen molar-refractivity contribution in [2.75, 3.05) is 38.8 Å². The smallest absolute Gasteiger partial charge is 0.244 e. The Bertz CT molecular complexity index is 890. The Balaban J connectivity index is 1.59. The molecule has 1 saturated heterocycles. The van der Waals surface area contributed by atoms with Crippen LogP contribution in [0.15, 0.2) is 47.4 Å². The van der Waals surface area contributed by atoms with Gasteiger partial charge in [-0.15, -0.1) is 0 Å². The molecule has 1 fully saturated rings. The predicted octanol–water partition coefficient (Wildman–Crippen LogP) is 3.61. The zero-order valence-electron chi connectivity index (χ0n) is 17.2. The topological polar surface area (TPSA) is 67.9 Å². The maximum atomic E-state index is 12.7. The first-order valence-corrected chi connectivity index (χ1v) is 11.6. The standard InChI is InChI=1S/C22H30N2O4S/c1-27-20-11-12-22(21(17-20)28-2)29(25,26)23-14-13-18-7-9-19(10-8-18)24-15-5-3-4-6-16-24/h7-12,17,23H,3-6,13-16H2,1-2H3. The van der Waals surface area contributed by atoms with Crippen molar-refractivity contribution in [3.8, 4) is 11.5 Å². The summed E-state index contributed by atoms with van der Waals surface area (Å²) in [5.41, 5.74) is 2.35. The second-order valence-electron chi connectivity index (χ2n) is 7.23. The Labute approximate surface area is 173 Å². The minimum absolute atomic E-state index is 0.109. The number of rotatable bonds is 8. The van der Waals surface area contributed by atoms with E-state index in [1.165, 1.54) is 51.7 Å². The van der Waals surface area contributed by atoms with Gasteiger partial charge in [0.1, 0.15) is 16.4 Å². The van der Waals surface area contributed by atoms with Crippen LogP contribution in [0.25, 0.3) is 0 Å². The highest BCUT2D eigenvalue weighted by molar-refractivity contribution is 7.89. The second-order valence-corrected chi connectivity index (χ2v) is 8.97. The van der Waals surface area contributed by atoms with Gasteiger partial charge in [0.25, 0.3) is 0 Å². The fraction of sp³-hybridized carbons (Fsp3) is 0.455. The minimum Gasteiger partial charge on any atom is -0.497 e. The van der Waals surface area contributed by atoms with Crippen LogP contribution in [0.4, 0.5) is 5.69 Å². The molecule has 158 valence electrons. The average molecular weight is 419 g/mol. The number of sulfonamides is 1. The van der Waals surface area contributed by atoms with Crippen LogP contribution < -0.4 is 19.1 Å². The van der Waals surface area contributed by atoms with Crippen LogP contribution in [0.3, 0.4) is 0 Å². The van der Waals surface area contributed by atoms with Gasteiger partial charge in [-0.3, -0.25) is 0 Å². The lowest BCUT2D eigenvalue weighted by atomic mass is 10.1. The zero-order chi connectivity index (χ0) is 20.7. The predicted molar refractivity (Wildman–Crippen MR) is 116 cm³/mol. The Kier molecular flexibility index (Phi) is 7.39. The van der Waals surface area contributed by atoms with E-state index in [4.69, 9.17) is 9.47 Å². The number of nitrogens with zero attached hydrogens (tertiary/aromatic N) is 1. The molecule has 3 rings (SSSR count). The van der Waals surface area contributed by atoms with Gasteiger partial charge in [0, 0.05) is 31.4 Å². The summed E-state index contributed by atoms with van der Waals surface area (Å²) >= 11 is 0. The first kappa shape index (κ1) is 21.5. The number of anilines is 1. The van der Waals surface area contributed by atoms with Gasteiger partial charge in [-0.25, -0.2) is 13.1 Å². The molecule has 1 heterocycles. The van der Waals surface area contributed by atoms with E-state index in [2.05, 4.69) is 33.9 Å². The molecule has 1 aliphatic heterocycles. The molecule has 7 heteroatoms. The third kappa shape index (κ3) is 5.64. The van der Waals surface area contributed by atoms with Gasteiger partial charge in [-0.2, -0.15) is 0 Å². The average Bonchev–Trinajstić information content (AvgIpc) is 3.03. The first-order chi connectivity index (χ1) is 14.0. The normalized spacial score (nSPS) is 15.0. The fourth-order valence-corrected chi connectivity index (χ4v) is 4.79. The molecule has 6 nitrogen and oxygen atoms in total. The Morgan fingerprint density at radius 2 is 1.62 bits per heavy atom. The van der Waals surface area contributed by atoms with Gasteiger partial charge in [0.15, 0.2) is 0 Å². The lowest BCUT2D eigenvalue weighted by Crippen LogP contribution is -2.26. The highest BCUT2D eigenvalue weighted by Crippen LogP contribution is 2.28. The van der Waals surface area contributed by atoms with Crippen molar-refractivity contribution in [2.24, 2.45) is 0 Å². The van der Waals surface area contributed by atoms with Crippen LogP contribution >= 0.6 is 0 Å². The summed E-state index contributed by atoms with van der Waals surface area (Å²) < 4.78 is 38.3. The van der Waals surface area contributed by atoms with Crippen LogP contribution in [0.5, 0.6) is 11.5 Å². The van der Waals surface area contributed by atoms with Crippen LogP contribution in [0.2, 0.25) is 0 Å². The molecule has 0 saturated carbocycles. The van der Waals surface area contributed by atoms with Crippen molar-refractivity contribution in [2.45, 2.75) is 37.0 Å².